The largest absolute Gasteiger partial charge is 0.465 e. The second-order valence-corrected chi connectivity index (χ2v) is 8.44. The predicted octanol–water partition coefficient (Wildman–Crippen LogP) is 6.48. The van der Waals surface area contributed by atoms with Gasteiger partial charge in [-0.1, -0.05) is 25.3 Å². The molecular weight excluding hydrogens is 452 g/mol. The Kier molecular flexibility index (Phi) is 8.47. The van der Waals surface area contributed by atoms with Crippen LogP contribution in [0, 0.1) is 0 Å². The van der Waals surface area contributed by atoms with Crippen LogP contribution in [0.5, 0.6) is 11.5 Å². The molecule has 0 fully saturated rings. The number of hydrogen-bond donors (Lipinski definition) is 0. The highest BCUT2D eigenvalue weighted by Gasteiger charge is 2.07. The van der Waals surface area contributed by atoms with Crippen molar-refractivity contribution in [2.24, 2.45) is 0 Å². The summed E-state index contributed by atoms with van der Waals surface area (Å²) in [4.78, 5) is 26.1. The molecule has 4 aromatic rings. The summed E-state index contributed by atoms with van der Waals surface area (Å²) in [5.74, 6) is 1.06. The van der Waals surface area contributed by atoms with E-state index in [2.05, 4.69) is 25.3 Å². The highest BCUT2D eigenvalue weighted by molar-refractivity contribution is 5.95. The predicted molar refractivity (Wildman–Crippen MR) is 149 cm³/mol. The van der Waals surface area contributed by atoms with E-state index in [9.17, 15) is 9.59 Å². The fourth-order valence-corrected chi connectivity index (χ4v) is 3.69. The van der Waals surface area contributed by atoms with Gasteiger partial charge in [0.25, 0.3) is 0 Å². The maximum absolute atomic E-state index is 11.0. The summed E-state index contributed by atoms with van der Waals surface area (Å²) in [6, 6.07) is 19.5. The molecule has 0 saturated heterocycles. The molecule has 4 aromatic carbocycles. The molecule has 0 N–H and O–H groups in total. The SMILES string of the molecule is C=COc1cc2cc(N(C)C)ccc2cc1C=O.C=COc1cc2cc(N(C)C)ccc2cc1C=O. The van der Waals surface area contributed by atoms with Crippen molar-refractivity contribution < 1.29 is 19.1 Å². The van der Waals surface area contributed by atoms with E-state index in [-0.39, 0.29) is 0 Å². The lowest BCUT2D eigenvalue weighted by molar-refractivity contribution is 0.111. The van der Waals surface area contributed by atoms with E-state index >= 15 is 0 Å². The number of carbonyl (C=O) groups excluding carboxylic acids is 2. The Hall–Kier alpha value is -4.58. The van der Waals surface area contributed by atoms with Crippen LogP contribution in [-0.2, 0) is 0 Å². The van der Waals surface area contributed by atoms with Crippen molar-refractivity contribution in [3.63, 3.8) is 0 Å². The number of rotatable bonds is 8. The van der Waals surface area contributed by atoms with Gasteiger partial charge >= 0.3 is 0 Å². The summed E-state index contributed by atoms with van der Waals surface area (Å²) >= 11 is 0. The van der Waals surface area contributed by atoms with Crippen molar-refractivity contribution in [1.82, 2.24) is 0 Å². The number of hydrogen-bond acceptors (Lipinski definition) is 6. The molecule has 4 rings (SSSR count). The third-order valence-electron chi connectivity index (χ3n) is 5.61. The van der Waals surface area contributed by atoms with Crippen molar-refractivity contribution in [2.75, 3.05) is 38.0 Å². The third kappa shape index (κ3) is 5.91. The molecule has 0 spiro atoms. The van der Waals surface area contributed by atoms with Crippen LogP contribution in [0.3, 0.4) is 0 Å². The van der Waals surface area contributed by atoms with Gasteiger partial charge in [-0.2, -0.15) is 0 Å². The van der Waals surface area contributed by atoms with Crippen LogP contribution in [0.15, 0.2) is 86.3 Å². The normalized spacial score (nSPS) is 10.1. The molecule has 6 nitrogen and oxygen atoms in total. The van der Waals surface area contributed by atoms with E-state index in [1.165, 1.54) is 12.5 Å². The van der Waals surface area contributed by atoms with Gasteiger partial charge in [-0.15, -0.1) is 0 Å². The molecule has 36 heavy (non-hydrogen) atoms. The fraction of sp³-hybridized carbons (Fsp3) is 0.133. The van der Waals surface area contributed by atoms with Crippen LogP contribution in [0.1, 0.15) is 20.7 Å². The summed E-state index contributed by atoms with van der Waals surface area (Å²) in [5, 5.41) is 4.09. The first kappa shape index (κ1) is 26.0. The molecule has 0 unspecified atom stereocenters. The van der Waals surface area contributed by atoms with Gasteiger partial charge in [-0.05, 0) is 70.1 Å². The minimum atomic E-state index is 0.528. The van der Waals surface area contributed by atoms with Crippen LogP contribution >= 0.6 is 0 Å². The molecule has 0 aliphatic rings. The van der Waals surface area contributed by atoms with Crippen LogP contribution in [-0.4, -0.2) is 40.8 Å². The second kappa shape index (κ2) is 11.7. The summed E-state index contributed by atoms with van der Waals surface area (Å²) in [6.07, 6.45) is 4.23. The van der Waals surface area contributed by atoms with Crippen molar-refractivity contribution in [3.8, 4) is 11.5 Å². The molecule has 184 valence electrons. The van der Waals surface area contributed by atoms with Crippen LogP contribution in [0.25, 0.3) is 21.5 Å². The van der Waals surface area contributed by atoms with Gasteiger partial charge in [0.15, 0.2) is 12.6 Å². The highest BCUT2D eigenvalue weighted by Crippen LogP contribution is 2.29. The fourth-order valence-electron chi connectivity index (χ4n) is 3.69. The topological polar surface area (TPSA) is 59.1 Å². The Morgan fingerprint density at radius 2 is 0.972 bits per heavy atom. The Balaban J connectivity index is 0.000000201. The van der Waals surface area contributed by atoms with Gasteiger partial charge in [-0.3, -0.25) is 9.59 Å². The van der Waals surface area contributed by atoms with Gasteiger partial charge in [-0.25, -0.2) is 0 Å². The summed E-state index contributed by atoms with van der Waals surface area (Å²) < 4.78 is 10.5. The maximum atomic E-state index is 11.0. The first-order chi connectivity index (χ1) is 17.3. The van der Waals surface area contributed by atoms with Crippen molar-refractivity contribution in [3.05, 3.63) is 97.5 Å². The zero-order valence-corrected chi connectivity index (χ0v) is 21.0. The molecule has 0 aliphatic carbocycles. The minimum absolute atomic E-state index is 0.528. The molecule has 0 aliphatic heterocycles. The van der Waals surface area contributed by atoms with E-state index in [1.54, 1.807) is 0 Å². The molecular formula is C30H30N2O4. The van der Waals surface area contributed by atoms with E-state index in [0.29, 0.717) is 22.6 Å². The molecule has 0 saturated carbocycles. The number of ether oxygens (including phenoxy) is 2. The Bertz CT molecular complexity index is 1310. The highest BCUT2D eigenvalue weighted by atomic mass is 16.5. The molecule has 0 atom stereocenters. The van der Waals surface area contributed by atoms with Gasteiger partial charge in [0.1, 0.15) is 11.5 Å². The molecule has 0 amide bonds. The minimum Gasteiger partial charge on any atom is -0.465 e. The van der Waals surface area contributed by atoms with Crippen LogP contribution in [0.4, 0.5) is 11.4 Å². The van der Waals surface area contributed by atoms with Crippen LogP contribution < -0.4 is 19.3 Å². The van der Waals surface area contributed by atoms with E-state index in [1.807, 2.05) is 86.5 Å². The molecule has 0 radical (unpaired) electrons. The molecule has 0 aromatic heterocycles. The number of benzene rings is 4. The standard InChI is InChI=1S/2C15H15NO2/c2*1-4-18-15-9-12-8-14(16(2)3)6-5-11(12)7-13(15)10-17/h2*4-10H,1H2,2-3H3. The molecule has 0 heterocycles. The zero-order valence-electron chi connectivity index (χ0n) is 21.0. The van der Waals surface area contributed by atoms with Gasteiger partial charge in [0.2, 0.25) is 0 Å². The number of aldehydes is 2. The number of nitrogens with zero attached hydrogens (tertiary/aromatic N) is 2. The van der Waals surface area contributed by atoms with E-state index in [0.717, 1.165) is 45.5 Å². The quantitative estimate of drug-likeness (QED) is 0.212. The first-order valence-electron chi connectivity index (χ1n) is 11.3. The zero-order chi connectivity index (χ0) is 26.2. The number of fused-ring (bicyclic) bond motifs is 2. The average molecular weight is 483 g/mol. The summed E-state index contributed by atoms with van der Waals surface area (Å²) in [6.45, 7) is 7.02. The lowest BCUT2D eigenvalue weighted by atomic mass is 10.1. The lowest BCUT2D eigenvalue weighted by Crippen LogP contribution is -2.08. The smallest absolute Gasteiger partial charge is 0.153 e. The van der Waals surface area contributed by atoms with E-state index in [4.69, 9.17) is 9.47 Å². The van der Waals surface area contributed by atoms with Gasteiger partial charge in [0, 0.05) is 39.6 Å². The van der Waals surface area contributed by atoms with Gasteiger partial charge in [0.05, 0.1) is 23.7 Å². The number of anilines is 2. The second-order valence-electron chi connectivity index (χ2n) is 8.44. The number of carbonyl (C=O) groups is 2. The van der Waals surface area contributed by atoms with Crippen molar-refractivity contribution in [2.45, 2.75) is 0 Å². The Morgan fingerprint density at radius 1 is 0.583 bits per heavy atom. The monoisotopic (exact) mass is 482 g/mol. The average Bonchev–Trinajstić information content (AvgIpc) is 2.87. The Labute approximate surface area is 211 Å². The summed E-state index contributed by atoms with van der Waals surface area (Å²) in [7, 11) is 7.95. The van der Waals surface area contributed by atoms with Crippen molar-refractivity contribution >= 4 is 45.5 Å². The lowest BCUT2D eigenvalue weighted by Gasteiger charge is -2.14. The maximum Gasteiger partial charge on any atom is 0.153 e. The molecule has 6 heteroatoms. The third-order valence-corrected chi connectivity index (χ3v) is 5.61. The van der Waals surface area contributed by atoms with Crippen molar-refractivity contribution in [1.29, 1.82) is 0 Å². The van der Waals surface area contributed by atoms with Crippen LogP contribution in [0.2, 0.25) is 0 Å². The van der Waals surface area contributed by atoms with Gasteiger partial charge < -0.3 is 19.3 Å². The van der Waals surface area contributed by atoms with E-state index < -0.39 is 0 Å². The first-order valence-corrected chi connectivity index (χ1v) is 11.3. The summed E-state index contributed by atoms with van der Waals surface area (Å²) in [5.41, 5.74) is 3.26. The molecule has 0 bridgehead atoms. The Morgan fingerprint density at radius 3 is 1.28 bits per heavy atom.